The van der Waals surface area contributed by atoms with Crippen LogP contribution in [0.1, 0.15) is 23.4 Å². The number of hydrogen-bond donors (Lipinski definition) is 1. The number of anilines is 2. The van der Waals surface area contributed by atoms with Crippen molar-refractivity contribution in [1.82, 2.24) is 5.16 Å². The van der Waals surface area contributed by atoms with E-state index in [2.05, 4.69) is 10.5 Å². The fourth-order valence-corrected chi connectivity index (χ4v) is 4.23. The molecule has 0 unspecified atom stereocenters. The molecule has 6 nitrogen and oxygen atoms in total. The summed E-state index contributed by atoms with van der Waals surface area (Å²) in [5, 5.41) is 7.04. The van der Waals surface area contributed by atoms with Crippen molar-refractivity contribution in [3.63, 3.8) is 0 Å². The van der Waals surface area contributed by atoms with E-state index >= 15 is 0 Å². The molecule has 0 amide bonds. The fraction of sp³-hybridized carbons (Fsp3) is 0.400. The zero-order valence-corrected chi connectivity index (χ0v) is 13.8. The lowest BCUT2D eigenvalue weighted by Gasteiger charge is -2.19. The van der Waals surface area contributed by atoms with Crippen LogP contribution in [0.3, 0.4) is 0 Å². The third-order valence-electron chi connectivity index (χ3n) is 3.96. The van der Waals surface area contributed by atoms with Gasteiger partial charge in [0.05, 0.1) is 17.1 Å². The molecule has 0 radical (unpaired) electrons. The highest BCUT2D eigenvalue weighted by molar-refractivity contribution is 7.93. The summed E-state index contributed by atoms with van der Waals surface area (Å²) in [5.74, 6) is 0.237. The van der Waals surface area contributed by atoms with Gasteiger partial charge in [-0.3, -0.25) is 4.31 Å². The molecule has 0 atom stereocenters. The first kappa shape index (κ1) is 15.8. The number of hydrogen-bond acceptors (Lipinski definition) is 5. The summed E-state index contributed by atoms with van der Waals surface area (Å²) in [6.45, 7) is 4.45. The smallest absolute Gasteiger partial charge is 0.235 e. The average Bonchev–Trinajstić information content (AvgIpc) is 3.01. The quantitative estimate of drug-likeness (QED) is 0.926. The van der Waals surface area contributed by atoms with Crippen LogP contribution in [0.2, 0.25) is 0 Å². The molecule has 8 heteroatoms. The van der Waals surface area contributed by atoms with Crippen LogP contribution in [0.5, 0.6) is 0 Å². The minimum Gasteiger partial charge on any atom is -0.381 e. The van der Waals surface area contributed by atoms with Crippen molar-refractivity contribution < 1.29 is 17.3 Å². The second-order valence-electron chi connectivity index (χ2n) is 5.56. The van der Waals surface area contributed by atoms with Gasteiger partial charge < -0.3 is 9.84 Å². The number of benzene rings is 1. The maximum atomic E-state index is 14.0. The van der Waals surface area contributed by atoms with E-state index in [4.69, 9.17) is 4.52 Å². The number of aromatic nitrogens is 1. The molecule has 1 aliphatic rings. The number of nitrogens with one attached hydrogen (secondary N) is 1. The Morgan fingerprint density at radius 1 is 1.39 bits per heavy atom. The lowest BCUT2D eigenvalue weighted by molar-refractivity contribution is 0.392. The molecule has 1 aliphatic heterocycles. The van der Waals surface area contributed by atoms with Crippen LogP contribution in [0.15, 0.2) is 22.7 Å². The Kier molecular flexibility index (Phi) is 4.01. The van der Waals surface area contributed by atoms with Crippen molar-refractivity contribution in [1.29, 1.82) is 0 Å². The van der Waals surface area contributed by atoms with Crippen LogP contribution in [0.4, 0.5) is 15.8 Å². The standard InChI is InChI=1S/C15H18FN3O3S/c1-10-13(11(2)22-18-10)9-17-12-4-5-14(16)15(8-12)19-6-3-7-23(19,20)21/h4-5,8,17H,3,6-7,9H2,1-2H3. The van der Waals surface area contributed by atoms with Crippen molar-refractivity contribution in [2.45, 2.75) is 26.8 Å². The number of sulfonamides is 1. The Morgan fingerprint density at radius 2 is 2.17 bits per heavy atom. The van der Waals surface area contributed by atoms with E-state index < -0.39 is 15.8 Å². The topological polar surface area (TPSA) is 75.4 Å². The minimum absolute atomic E-state index is 0.0587. The van der Waals surface area contributed by atoms with E-state index in [1.54, 1.807) is 6.07 Å². The summed E-state index contributed by atoms with van der Waals surface area (Å²) < 4.78 is 44.2. The first-order valence-corrected chi connectivity index (χ1v) is 8.95. The molecule has 2 heterocycles. The van der Waals surface area contributed by atoms with Gasteiger partial charge in [-0.05, 0) is 38.5 Å². The largest absolute Gasteiger partial charge is 0.381 e. The maximum absolute atomic E-state index is 14.0. The van der Waals surface area contributed by atoms with Gasteiger partial charge in [0.1, 0.15) is 11.6 Å². The highest BCUT2D eigenvalue weighted by atomic mass is 32.2. The molecule has 23 heavy (non-hydrogen) atoms. The van der Waals surface area contributed by atoms with E-state index in [1.165, 1.54) is 12.1 Å². The van der Waals surface area contributed by atoms with Gasteiger partial charge in [0.15, 0.2) is 0 Å². The Labute approximate surface area is 134 Å². The van der Waals surface area contributed by atoms with Crippen molar-refractivity contribution in [2.75, 3.05) is 21.9 Å². The zero-order valence-electron chi connectivity index (χ0n) is 13.0. The molecular weight excluding hydrogens is 321 g/mol. The zero-order chi connectivity index (χ0) is 16.6. The SMILES string of the molecule is Cc1noc(C)c1CNc1ccc(F)c(N2CCCS2(=O)=O)c1. The van der Waals surface area contributed by atoms with Gasteiger partial charge in [-0.25, -0.2) is 12.8 Å². The lowest BCUT2D eigenvalue weighted by Crippen LogP contribution is -2.26. The van der Waals surface area contributed by atoms with Gasteiger partial charge >= 0.3 is 0 Å². The van der Waals surface area contributed by atoms with Gasteiger partial charge in [-0.15, -0.1) is 0 Å². The third-order valence-corrected chi connectivity index (χ3v) is 5.82. The van der Waals surface area contributed by atoms with Crippen molar-refractivity contribution in [2.24, 2.45) is 0 Å². The number of nitrogens with zero attached hydrogens (tertiary/aromatic N) is 2. The Balaban J connectivity index is 1.83. The Hall–Kier alpha value is -2.09. The van der Waals surface area contributed by atoms with Crippen LogP contribution >= 0.6 is 0 Å². The molecule has 1 N–H and O–H groups in total. The van der Waals surface area contributed by atoms with Gasteiger partial charge in [-0.1, -0.05) is 5.16 Å². The molecule has 1 fully saturated rings. The number of rotatable bonds is 4. The fourth-order valence-electron chi connectivity index (χ4n) is 2.67. The molecule has 124 valence electrons. The van der Waals surface area contributed by atoms with E-state index in [0.29, 0.717) is 25.2 Å². The molecule has 0 bridgehead atoms. The average molecular weight is 339 g/mol. The van der Waals surface area contributed by atoms with Gasteiger partial charge in [0.2, 0.25) is 10.0 Å². The summed E-state index contributed by atoms with van der Waals surface area (Å²) in [6, 6.07) is 4.38. The molecule has 0 saturated carbocycles. The van der Waals surface area contributed by atoms with Gasteiger partial charge in [0.25, 0.3) is 0 Å². The molecule has 0 aliphatic carbocycles. The third kappa shape index (κ3) is 3.03. The maximum Gasteiger partial charge on any atom is 0.235 e. The first-order valence-electron chi connectivity index (χ1n) is 7.34. The van der Waals surface area contributed by atoms with Crippen molar-refractivity contribution in [3.8, 4) is 0 Å². The molecule has 2 aromatic rings. The van der Waals surface area contributed by atoms with E-state index in [-0.39, 0.29) is 11.4 Å². The molecular formula is C15H18FN3O3S. The normalized spacial score (nSPS) is 16.7. The first-order chi connectivity index (χ1) is 10.9. The minimum atomic E-state index is -3.41. The second kappa shape index (κ2) is 5.84. The summed E-state index contributed by atoms with van der Waals surface area (Å²) in [7, 11) is -3.41. The summed E-state index contributed by atoms with van der Waals surface area (Å²) in [6.07, 6.45) is 0.512. The van der Waals surface area contributed by atoms with Crippen LogP contribution in [-0.2, 0) is 16.6 Å². The van der Waals surface area contributed by atoms with E-state index in [9.17, 15) is 12.8 Å². The predicted octanol–water partition coefficient (Wildman–Crippen LogP) is 2.58. The van der Waals surface area contributed by atoms with Crippen LogP contribution in [0, 0.1) is 19.7 Å². The Bertz CT molecular complexity index is 813. The predicted molar refractivity (Wildman–Crippen MR) is 85.5 cm³/mol. The van der Waals surface area contributed by atoms with Gasteiger partial charge in [0, 0.05) is 24.3 Å². The molecule has 0 spiro atoms. The monoisotopic (exact) mass is 339 g/mol. The molecule has 1 aromatic heterocycles. The molecule has 1 aromatic carbocycles. The second-order valence-corrected chi connectivity index (χ2v) is 7.58. The highest BCUT2D eigenvalue weighted by Crippen LogP contribution is 2.29. The lowest BCUT2D eigenvalue weighted by atomic mass is 10.2. The van der Waals surface area contributed by atoms with Gasteiger partial charge in [-0.2, -0.15) is 0 Å². The molecule has 1 saturated heterocycles. The number of halogens is 1. The van der Waals surface area contributed by atoms with Crippen LogP contribution < -0.4 is 9.62 Å². The van der Waals surface area contributed by atoms with Crippen LogP contribution in [0.25, 0.3) is 0 Å². The van der Waals surface area contributed by atoms with E-state index in [0.717, 1.165) is 21.3 Å². The number of aryl methyl sites for hydroxylation is 2. The summed E-state index contributed by atoms with van der Waals surface area (Å²) >= 11 is 0. The van der Waals surface area contributed by atoms with E-state index in [1.807, 2.05) is 13.8 Å². The Morgan fingerprint density at radius 3 is 2.78 bits per heavy atom. The molecule has 3 rings (SSSR count). The summed E-state index contributed by atoms with van der Waals surface area (Å²) in [5.41, 5.74) is 2.46. The van der Waals surface area contributed by atoms with Crippen LogP contribution in [-0.4, -0.2) is 25.9 Å². The van der Waals surface area contributed by atoms with Crippen molar-refractivity contribution in [3.05, 3.63) is 41.0 Å². The highest BCUT2D eigenvalue weighted by Gasteiger charge is 2.30. The van der Waals surface area contributed by atoms with Crippen molar-refractivity contribution >= 4 is 21.4 Å². The summed E-state index contributed by atoms with van der Waals surface area (Å²) in [4.78, 5) is 0.